The summed E-state index contributed by atoms with van der Waals surface area (Å²) in [5.74, 6) is -1.20. The van der Waals surface area contributed by atoms with Gasteiger partial charge in [-0.05, 0) is 55.3 Å². The largest absolute Gasteiger partial charge is 0.497 e. The Bertz CT molecular complexity index is 1580. The topological polar surface area (TPSA) is 119 Å². The first-order chi connectivity index (χ1) is 18.2. The van der Waals surface area contributed by atoms with Crippen molar-refractivity contribution in [1.29, 1.82) is 0 Å². The minimum atomic E-state index is -0.938. The zero-order valence-electron chi connectivity index (χ0n) is 21.6. The molecule has 1 aromatic heterocycles. The number of ether oxygens (including phenoxy) is 4. The van der Waals surface area contributed by atoms with Crippen LogP contribution in [0.5, 0.6) is 11.5 Å². The monoisotopic (exact) mass is 536 g/mol. The number of benzene rings is 2. The normalized spacial score (nSPS) is 15.4. The van der Waals surface area contributed by atoms with Crippen LogP contribution in [0.4, 0.5) is 0 Å². The molecule has 0 saturated carbocycles. The minimum absolute atomic E-state index is 0.0308. The number of methoxy groups -OCH3 is 3. The molecule has 1 unspecified atom stereocenters. The van der Waals surface area contributed by atoms with E-state index in [0.29, 0.717) is 21.6 Å². The van der Waals surface area contributed by atoms with Crippen molar-refractivity contribution in [3.05, 3.63) is 84.8 Å². The summed E-state index contributed by atoms with van der Waals surface area (Å²) in [6.07, 6.45) is 1.25. The van der Waals surface area contributed by atoms with Crippen molar-refractivity contribution < 1.29 is 28.5 Å². The van der Waals surface area contributed by atoms with E-state index in [2.05, 4.69) is 0 Å². The minimum Gasteiger partial charge on any atom is -0.497 e. The molecule has 38 heavy (non-hydrogen) atoms. The second-order valence-electron chi connectivity index (χ2n) is 8.69. The molecule has 0 fully saturated rings. The Morgan fingerprint density at radius 2 is 1.50 bits per heavy atom. The SMILES string of the molecule is COC(=O)C1=C(N)n2c(s/c(=C\c3ccc(OC)cc3)c2=O)=C(C(=O)OC(C)C)C1c1ccc(OC)cc1. The lowest BCUT2D eigenvalue weighted by atomic mass is 9.83. The molecule has 9 nitrogen and oxygen atoms in total. The molecule has 1 aliphatic heterocycles. The predicted octanol–water partition coefficient (Wildman–Crippen LogP) is 1.96. The van der Waals surface area contributed by atoms with E-state index in [1.807, 2.05) is 0 Å². The smallest absolute Gasteiger partial charge is 0.338 e. The van der Waals surface area contributed by atoms with E-state index >= 15 is 0 Å². The maximum atomic E-state index is 13.6. The lowest BCUT2D eigenvalue weighted by molar-refractivity contribution is -0.140. The number of aromatic nitrogens is 1. The molecule has 0 bridgehead atoms. The van der Waals surface area contributed by atoms with Gasteiger partial charge in [0, 0.05) is 0 Å². The van der Waals surface area contributed by atoms with E-state index < -0.39 is 29.5 Å². The average molecular weight is 537 g/mol. The average Bonchev–Trinajstić information content (AvgIpc) is 3.23. The van der Waals surface area contributed by atoms with Gasteiger partial charge in [0.2, 0.25) is 0 Å². The number of carbonyl (C=O) groups excluding carboxylic acids is 2. The molecular formula is C28H28N2O7S. The van der Waals surface area contributed by atoms with E-state index in [4.69, 9.17) is 24.7 Å². The number of hydrogen-bond donors (Lipinski definition) is 1. The molecule has 198 valence electrons. The number of thiazole rings is 1. The number of nitrogens with zero attached hydrogens (tertiary/aromatic N) is 1. The van der Waals surface area contributed by atoms with Gasteiger partial charge in [0.05, 0.1) is 49.0 Å². The van der Waals surface area contributed by atoms with Crippen molar-refractivity contribution in [1.82, 2.24) is 4.57 Å². The van der Waals surface area contributed by atoms with Gasteiger partial charge in [-0.1, -0.05) is 24.3 Å². The highest BCUT2D eigenvalue weighted by Gasteiger charge is 2.40. The van der Waals surface area contributed by atoms with Gasteiger partial charge in [-0.25, -0.2) is 9.59 Å². The van der Waals surface area contributed by atoms with Gasteiger partial charge < -0.3 is 24.7 Å². The Labute approximate surface area is 223 Å². The van der Waals surface area contributed by atoms with Crippen LogP contribution in [0.25, 0.3) is 17.5 Å². The summed E-state index contributed by atoms with van der Waals surface area (Å²) in [4.78, 5) is 40.2. The van der Waals surface area contributed by atoms with Gasteiger partial charge >= 0.3 is 11.9 Å². The number of esters is 2. The molecule has 10 heteroatoms. The third kappa shape index (κ3) is 4.95. The van der Waals surface area contributed by atoms with Crippen LogP contribution in [0, 0.1) is 0 Å². The third-order valence-corrected chi connectivity index (χ3v) is 7.09. The predicted molar refractivity (Wildman–Crippen MR) is 144 cm³/mol. The Balaban J connectivity index is 2.07. The molecule has 2 aromatic carbocycles. The van der Waals surface area contributed by atoms with Crippen LogP contribution in [-0.2, 0) is 19.1 Å². The fourth-order valence-electron chi connectivity index (χ4n) is 4.21. The first kappa shape index (κ1) is 26.7. The summed E-state index contributed by atoms with van der Waals surface area (Å²) >= 11 is 1.10. The Morgan fingerprint density at radius 3 is 2.03 bits per heavy atom. The zero-order valence-corrected chi connectivity index (χ0v) is 22.5. The first-order valence-corrected chi connectivity index (χ1v) is 12.6. The molecule has 1 atom stereocenters. The van der Waals surface area contributed by atoms with Gasteiger partial charge in [-0.2, -0.15) is 0 Å². The van der Waals surface area contributed by atoms with Crippen molar-refractivity contribution in [2.24, 2.45) is 5.73 Å². The number of rotatable bonds is 7. The number of nitrogens with two attached hydrogens (primary N) is 1. The fraction of sp³-hybridized carbons (Fsp3) is 0.250. The molecule has 2 heterocycles. The lowest BCUT2D eigenvalue weighted by Gasteiger charge is -2.27. The Morgan fingerprint density at radius 1 is 0.921 bits per heavy atom. The summed E-state index contributed by atoms with van der Waals surface area (Å²) in [6, 6.07) is 14.0. The number of fused-ring (bicyclic) bond motifs is 1. The van der Waals surface area contributed by atoms with Crippen molar-refractivity contribution in [3.8, 4) is 11.5 Å². The van der Waals surface area contributed by atoms with Crippen molar-refractivity contribution in [2.75, 3.05) is 21.3 Å². The van der Waals surface area contributed by atoms with Crippen LogP contribution in [-0.4, -0.2) is 43.9 Å². The van der Waals surface area contributed by atoms with E-state index in [1.165, 1.54) is 18.8 Å². The molecule has 0 spiro atoms. The quantitative estimate of drug-likeness (QED) is 0.455. The molecule has 4 rings (SSSR count). The van der Waals surface area contributed by atoms with Crippen molar-refractivity contribution in [3.63, 3.8) is 0 Å². The van der Waals surface area contributed by atoms with Gasteiger partial charge in [0.1, 0.15) is 22.0 Å². The second-order valence-corrected chi connectivity index (χ2v) is 9.72. The van der Waals surface area contributed by atoms with Crippen LogP contribution in [0.1, 0.15) is 30.9 Å². The first-order valence-electron chi connectivity index (χ1n) is 11.7. The Hall–Kier alpha value is -4.31. The van der Waals surface area contributed by atoms with Crippen molar-refractivity contribution in [2.45, 2.75) is 25.9 Å². The third-order valence-electron chi connectivity index (χ3n) is 5.98. The summed E-state index contributed by atoms with van der Waals surface area (Å²) in [5.41, 5.74) is 7.44. The van der Waals surface area contributed by atoms with Crippen LogP contribution in [0.15, 0.2) is 58.9 Å². The van der Waals surface area contributed by atoms with Crippen LogP contribution in [0.2, 0.25) is 0 Å². The van der Waals surface area contributed by atoms with E-state index in [1.54, 1.807) is 75.6 Å². The van der Waals surface area contributed by atoms with Gasteiger partial charge in [-0.3, -0.25) is 9.36 Å². The highest BCUT2D eigenvalue weighted by molar-refractivity contribution is 7.07. The molecule has 0 amide bonds. The van der Waals surface area contributed by atoms with E-state index in [9.17, 15) is 14.4 Å². The molecule has 0 aliphatic carbocycles. The highest BCUT2D eigenvalue weighted by Crippen LogP contribution is 2.38. The van der Waals surface area contributed by atoms with Crippen molar-refractivity contribution >= 4 is 40.7 Å². The summed E-state index contributed by atoms with van der Waals surface area (Å²) in [6.45, 7) is 3.44. The zero-order chi connectivity index (χ0) is 27.6. The molecular weight excluding hydrogens is 508 g/mol. The molecule has 2 N–H and O–H groups in total. The second kappa shape index (κ2) is 11.0. The van der Waals surface area contributed by atoms with Gasteiger partial charge in [0.25, 0.3) is 5.56 Å². The summed E-state index contributed by atoms with van der Waals surface area (Å²) in [7, 11) is 4.32. The highest BCUT2D eigenvalue weighted by atomic mass is 32.1. The van der Waals surface area contributed by atoms with Gasteiger partial charge in [-0.15, -0.1) is 11.3 Å². The fourth-order valence-corrected chi connectivity index (χ4v) is 5.38. The molecule has 1 aliphatic rings. The standard InChI is InChI=1S/C28H28N2O7S/c1-15(2)37-28(33)23-21(17-8-12-19(35-4)13-9-17)22(27(32)36-5)24(29)30-25(31)20(38-26(23)30)14-16-6-10-18(34-3)11-7-16/h6-15,21H,29H2,1-5H3/b20-14-. The molecule has 0 saturated heterocycles. The molecule has 0 radical (unpaired) electrons. The Kier molecular flexibility index (Phi) is 7.72. The number of hydrogen-bond acceptors (Lipinski definition) is 9. The van der Waals surface area contributed by atoms with E-state index in [-0.39, 0.29) is 21.6 Å². The van der Waals surface area contributed by atoms with Crippen LogP contribution < -0.4 is 30.0 Å². The summed E-state index contributed by atoms with van der Waals surface area (Å²) < 4.78 is 22.9. The van der Waals surface area contributed by atoms with Crippen LogP contribution >= 0.6 is 11.3 Å². The molecule has 3 aromatic rings. The van der Waals surface area contributed by atoms with Gasteiger partial charge in [0.15, 0.2) is 0 Å². The number of carbonyl (C=O) groups is 2. The van der Waals surface area contributed by atoms with Crippen LogP contribution in [0.3, 0.4) is 0 Å². The summed E-state index contributed by atoms with van der Waals surface area (Å²) in [5, 5.41) is 0. The lowest BCUT2D eigenvalue weighted by Crippen LogP contribution is -2.42. The van der Waals surface area contributed by atoms with E-state index in [0.717, 1.165) is 16.9 Å². The maximum Gasteiger partial charge on any atom is 0.338 e. The maximum absolute atomic E-state index is 13.6.